The molecule has 0 bridgehead atoms. The number of nitrogens with one attached hydrogen (secondary N) is 1. The number of carbonyl (C=O) groups excluding carboxylic acids is 1. The Kier molecular flexibility index (Phi) is 3.47. The van der Waals surface area contributed by atoms with E-state index in [2.05, 4.69) is 5.32 Å². The van der Waals surface area contributed by atoms with E-state index in [4.69, 9.17) is 5.26 Å². The SMILES string of the molecule is N#CC1(C(=O)Nc2c(F)cc(F)cc2F)CCCC1. The Morgan fingerprint density at radius 3 is 2.21 bits per heavy atom. The maximum Gasteiger partial charge on any atom is 0.245 e. The van der Waals surface area contributed by atoms with Crippen molar-refractivity contribution in [3.05, 3.63) is 29.6 Å². The van der Waals surface area contributed by atoms with Crippen molar-refractivity contribution in [2.45, 2.75) is 25.7 Å². The van der Waals surface area contributed by atoms with Crippen LogP contribution in [0.1, 0.15) is 25.7 Å². The lowest BCUT2D eigenvalue weighted by Gasteiger charge is -2.19. The van der Waals surface area contributed by atoms with Crippen LogP contribution in [0.25, 0.3) is 0 Å². The van der Waals surface area contributed by atoms with Gasteiger partial charge in [0.15, 0.2) is 11.6 Å². The molecule has 3 nitrogen and oxygen atoms in total. The van der Waals surface area contributed by atoms with Crippen LogP contribution in [0.4, 0.5) is 18.9 Å². The number of nitrogens with zero attached hydrogens (tertiary/aromatic N) is 1. The van der Waals surface area contributed by atoms with Gasteiger partial charge in [0.25, 0.3) is 0 Å². The summed E-state index contributed by atoms with van der Waals surface area (Å²) in [5, 5.41) is 11.2. The number of anilines is 1. The molecule has 0 unspecified atom stereocenters. The predicted molar refractivity (Wildman–Crippen MR) is 61.5 cm³/mol. The Morgan fingerprint density at radius 2 is 1.74 bits per heavy atom. The molecule has 1 aliphatic rings. The number of benzene rings is 1. The lowest BCUT2D eigenvalue weighted by molar-refractivity contribution is -0.122. The van der Waals surface area contributed by atoms with Crippen molar-refractivity contribution in [2.75, 3.05) is 5.32 Å². The van der Waals surface area contributed by atoms with Crippen molar-refractivity contribution in [3.63, 3.8) is 0 Å². The fourth-order valence-corrected chi connectivity index (χ4v) is 2.26. The van der Waals surface area contributed by atoms with E-state index < -0.39 is 34.5 Å². The summed E-state index contributed by atoms with van der Waals surface area (Å²) in [5.41, 5.74) is -1.96. The highest BCUT2D eigenvalue weighted by Crippen LogP contribution is 2.38. The van der Waals surface area contributed by atoms with E-state index >= 15 is 0 Å². The van der Waals surface area contributed by atoms with Gasteiger partial charge < -0.3 is 5.32 Å². The number of amides is 1. The molecule has 100 valence electrons. The van der Waals surface area contributed by atoms with Crippen molar-refractivity contribution in [1.82, 2.24) is 0 Å². The second kappa shape index (κ2) is 4.92. The van der Waals surface area contributed by atoms with Gasteiger partial charge in [-0.2, -0.15) is 5.26 Å². The Bertz CT molecular complexity index is 536. The highest BCUT2D eigenvalue weighted by molar-refractivity contribution is 5.97. The molecule has 0 spiro atoms. The second-order valence-electron chi connectivity index (χ2n) is 4.60. The maximum atomic E-state index is 13.4. The van der Waals surface area contributed by atoms with E-state index in [1.807, 2.05) is 6.07 Å². The third-order valence-electron chi connectivity index (χ3n) is 3.35. The third kappa shape index (κ3) is 2.41. The van der Waals surface area contributed by atoms with Crippen LogP contribution < -0.4 is 5.32 Å². The standard InChI is InChI=1S/C13H11F3N2O/c14-8-5-9(15)11(10(16)6-8)18-12(19)13(7-17)3-1-2-4-13/h5-6H,1-4H2,(H,18,19). The minimum absolute atomic E-state index is 0.361. The van der Waals surface area contributed by atoms with Crippen molar-refractivity contribution in [3.8, 4) is 6.07 Å². The Labute approximate surface area is 108 Å². The minimum Gasteiger partial charge on any atom is -0.320 e. The minimum atomic E-state index is -1.24. The molecule has 1 N–H and O–H groups in total. The van der Waals surface area contributed by atoms with Gasteiger partial charge in [-0.3, -0.25) is 4.79 Å². The second-order valence-corrected chi connectivity index (χ2v) is 4.60. The first-order valence-electron chi connectivity index (χ1n) is 5.86. The molecule has 0 heterocycles. The van der Waals surface area contributed by atoms with Crippen LogP contribution in [-0.2, 0) is 4.79 Å². The maximum absolute atomic E-state index is 13.4. The van der Waals surface area contributed by atoms with Crippen LogP contribution in [0.3, 0.4) is 0 Å². The molecule has 0 saturated heterocycles. The molecule has 0 aromatic heterocycles. The van der Waals surface area contributed by atoms with Crippen LogP contribution in [-0.4, -0.2) is 5.91 Å². The number of halogens is 3. The van der Waals surface area contributed by atoms with Crippen LogP contribution in [0.15, 0.2) is 12.1 Å². The lowest BCUT2D eigenvalue weighted by atomic mass is 9.87. The number of nitriles is 1. The summed E-state index contributed by atoms with van der Waals surface area (Å²) < 4.78 is 39.6. The molecule has 19 heavy (non-hydrogen) atoms. The number of carbonyl (C=O) groups is 1. The first-order chi connectivity index (χ1) is 8.98. The van der Waals surface area contributed by atoms with Crippen molar-refractivity contribution < 1.29 is 18.0 Å². The third-order valence-corrected chi connectivity index (χ3v) is 3.35. The molecule has 1 aromatic carbocycles. The average Bonchev–Trinajstić information content (AvgIpc) is 2.83. The molecule has 2 rings (SSSR count). The molecule has 0 aliphatic heterocycles. The van der Waals surface area contributed by atoms with E-state index in [1.54, 1.807) is 0 Å². The van der Waals surface area contributed by atoms with Crippen molar-refractivity contribution >= 4 is 11.6 Å². The lowest BCUT2D eigenvalue weighted by Crippen LogP contribution is -2.33. The summed E-state index contributed by atoms with van der Waals surface area (Å²) in [4.78, 5) is 12.0. The van der Waals surface area contributed by atoms with E-state index in [1.165, 1.54) is 0 Å². The summed E-state index contributed by atoms with van der Waals surface area (Å²) in [7, 11) is 0. The molecule has 1 saturated carbocycles. The Balaban J connectivity index is 2.27. The topological polar surface area (TPSA) is 52.9 Å². The fourth-order valence-electron chi connectivity index (χ4n) is 2.26. The summed E-state index contributed by atoms with van der Waals surface area (Å²) in [6, 6.07) is 2.87. The normalized spacial score (nSPS) is 16.9. The van der Waals surface area contributed by atoms with E-state index in [9.17, 15) is 18.0 Å². The summed E-state index contributed by atoms with van der Waals surface area (Å²) in [5.74, 6) is -4.20. The number of hydrogen-bond acceptors (Lipinski definition) is 2. The smallest absolute Gasteiger partial charge is 0.245 e. The number of hydrogen-bond donors (Lipinski definition) is 1. The molecular formula is C13H11F3N2O. The Morgan fingerprint density at radius 1 is 1.21 bits per heavy atom. The monoisotopic (exact) mass is 268 g/mol. The first-order valence-corrected chi connectivity index (χ1v) is 5.86. The summed E-state index contributed by atoms with van der Waals surface area (Å²) in [6.45, 7) is 0. The summed E-state index contributed by atoms with van der Waals surface area (Å²) in [6.07, 6.45) is 2.16. The molecule has 0 atom stereocenters. The molecule has 1 aromatic rings. The largest absolute Gasteiger partial charge is 0.320 e. The molecule has 1 fully saturated rings. The van der Waals surface area contributed by atoms with Crippen molar-refractivity contribution in [2.24, 2.45) is 5.41 Å². The zero-order valence-corrected chi connectivity index (χ0v) is 9.97. The van der Waals surface area contributed by atoms with E-state index in [0.717, 1.165) is 12.8 Å². The van der Waals surface area contributed by atoms with Crippen LogP contribution >= 0.6 is 0 Å². The number of rotatable bonds is 2. The highest BCUT2D eigenvalue weighted by Gasteiger charge is 2.42. The molecule has 1 amide bonds. The van der Waals surface area contributed by atoms with Gasteiger partial charge in [-0.25, -0.2) is 13.2 Å². The molecule has 1 aliphatic carbocycles. The molecule has 0 radical (unpaired) electrons. The average molecular weight is 268 g/mol. The quantitative estimate of drug-likeness (QED) is 0.895. The van der Waals surface area contributed by atoms with E-state index in [0.29, 0.717) is 25.0 Å². The molecule has 6 heteroatoms. The van der Waals surface area contributed by atoms with Gasteiger partial charge >= 0.3 is 0 Å². The van der Waals surface area contributed by atoms with E-state index in [-0.39, 0.29) is 0 Å². The van der Waals surface area contributed by atoms with Gasteiger partial charge in [0, 0.05) is 12.1 Å². The van der Waals surface area contributed by atoms with Gasteiger partial charge in [-0.05, 0) is 12.8 Å². The fraction of sp³-hybridized carbons (Fsp3) is 0.385. The van der Waals surface area contributed by atoms with Gasteiger partial charge in [0.05, 0.1) is 6.07 Å². The van der Waals surface area contributed by atoms with Crippen molar-refractivity contribution in [1.29, 1.82) is 5.26 Å². The van der Waals surface area contributed by atoms with Gasteiger partial charge in [0.1, 0.15) is 16.9 Å². The zero-order chi connectivity index (χ0) is 14.0. The molecular weight excluding hydrogens is 257 g/mol. The van der Waals surface area contributed by atoms with Gasteiger partial charge in [-0.15, -0.1) is 0 Å². The van der Waals surface area contributed by atoms with Gasteiger partial charge in [0.2, 0.25) is 5.91 Å². The Hall–Kier alpha value is -2.03. The van der Waals surface area contributed by atoms with Gasteiger partial charge in [-0.1, -0.05) is 12.8 Å². The van der Waals surface area contributed by atoms with Crippen LogP contribution in [0.2, 0.25) is 0 Å². The zero-order valence-electron chi connectivity index (χ0n) is 9.97. The van der Waals surface area contributed by atoms with Crippen LogP contribution in [0.5, 0.6) is 0 Å². The summed E-state index contributed by atoms with van der Waals surface area (Å²) >= 11 is 0. The predicted octanol–water partition coefficient (Wildman–Crippen LogP) is 3.13. The first kappa shape index (κ1) is 13.4. The van der Waals surface area contributed by atoms with Crippen LogP contribution in [0, 0.1) is 34.2 Å². The highest BCUT2D eigenvalue weighted by atomic mass is 19.1.